The zero-order chi connectivity index (χ0) is 24.1. The van der Waals surface area contributed by atoms with Crippen molar-refractivity contribution < 1.29 is 13.2 Å². The molecule has 1 amide bonds. The molecule has 1 aliphatic heterocycles. The van der Waals surface area contributed by atoms with E-state index in [-0.39, 0.29) is 24.3 Å². The number of hydrogen-bond donors (Lipinski definition) is 2. The molecule has 3 heterocycles. The number of hydrogen-bond acceptors (Lipinski definition) is 7. The van der Waals surface area contributed by atoms with E-state index in [1.54, 1.807) is 22.8 Å². The van der Waals surface area contributed by atoms with Gasteiger partial charge in [0.05, 0.1) is 11.2 Å². The number of amides is 1. The second kappa shape index (κ2) is 7.93. The van der Waals surface area contributed by atoms with Crippen LogP contribution in [0.1, 0.15) is 34.5 Å². The molecule has 1 fully saturated rings. The fourth-order valence-electron chi connectivity index (χ4n) is 4.45. The molecule has 0 saturated heterocycles. The van der Waals surface area contributed by atoms with Crippen molar-refractivity contribution in [2.75, 3.05) is 18.0 Å². The molecule has 0 spiro atoms. The van der Waals surface area contributed by atoms with Crippen LogP contribution < -0.4 is 20.9 Å². The first-order valence-corrected chi connectivity index (χ1v) is 12.3. The molecular formula is C23H22N6O4S. The zero-order valence-corrected chi connectivity index (χ0v) is 19.0. The number of nitrogens with one attached hydrogen (secondary N) is 1. The van der Waals surface area contributed by atoms with Gasteiger partial charge >= 0.3 is 0 Å². The van der Waals surface area contributed by atoms with Gasteiger partial charge < -0.3 is 14.8 Å². The fourth-order valence-corrected chi connectivity index (χ4v) is 5.46. The number of primary sulfonamides is 1. The third kappa shape index (κ3) is 3.70. The van der Waals surface area contributed by atoms with Crippen LogP contribution in [0.25, 0.3) is 10.9 Å². The number of nitrogens with two attached hydrogens (primary N) is 1. The maximum atomic E-state index is 13.2. The van der Waals surface area contributed by atoms with Crippen molar-refractivity contribution in [3.63, 3.8) is 0 Å². The zero-order valence-electron chi connectivity index (χ0n) is 18.2. The monoisotopic (exact) mass is 478 g/mol. The number of aromatic nitrogens is 2. The van der Waals surface area contributed by atoms with Gasteiger partial charge in [0.15, 0.2) is 0 Å². The minimum absolute atomic E-state index is 0.0305. The number of benzene rings is 1. The van der Waals surface area contributed by atoms with E-state index in [1.807, 2.05) is 29.2 Å². The largest absolute Gasteiger partial charge is 0.366 e. The van der Waals surface area contributed by atoms with Gasteiger partial charge in [-0.05, 0) is 36.6 Å². The van der Waals surface area contributed by atoms with Crippen LogP contribution in [0.5, 0.6) is 0 Å². The van der Waals surface area contributed by atoms with Crippen molar-refractivity contribution in [2.45, 2.75) is 30.7 Å². The number of pyridine rings is 2. The average molecular weight is 479 g/mol. The highest BCUT2D eigenvalue weighted by atomic mass is 32.2. The fraction of sp³-hybridized carbons (Fsp3) is 0.304. The van der Waals surface area contributed by atoms with Gasteiger partial charge in [0.1, 0.15) is 22.1 Å². The van der Waals surface area contributed by atoms with Gasteiger partial charge in [0, 0.05) is 37.8 Å². The molecule has 3 N–H and O–H groups in total. The van der Waals surface area contributed by atoms with Crippen LogP contribution in [0, 0.1) is 11.3 Å². The van der Waals surface area contributed by atoms with E-state index in [4.69, 9.17) is 10.4 Å². The Morgan fingerprint density at radius 2 is 2.03 bits per heavy atom. The molecule has 0 unspecified atom stereocenters. The summed E-state index contributed by atoms with van der Waals surface area (Å²) in [5.74, 6) is -0.501. The minimum Gasteiger partial charge on any atom is -0.366 e. The van der Waals surface area contributed by atoms with Gasteiger partial charge in [0.2, 0.25) is 10.0 Å². The summed E-state index contributed by atoms with van der Waals surface area (Å²) < 4.78 is 24.8. The van der Waals surface area contributed by atoms with E-state index < -0.39 is 26.2 Å². The molecule has 1 saturated carbocycles. The van der Waals surface area contributed by atoms with Crippen LogP contribution in [0.15, 0.2) is 47.4 Å². The Morgan fingerprint density at radius 1 is 1.24 bits per heavy atom. The normalized spacial score (nSPS) is 16.2. The first-order valence-electron chi connectivity index (χ1n) is 10.8. The third-order valence-corrected chi connectivity index (χ3v) is 8.30. The summed E-state index contributed by atoms with van der Waals surface area (Å²) in [6.45, 7) is 1.21. The van der Waals surface area contributed by atoms with E-state index in [1.165, 1.54) is 6.20 Å². The van der Waals surface area contributed by atoms with Crippen molar-refractivity contribution in [3.05, 3.63) is 69.8 Å². The van der Waals surface area contributed by atoms with Gasteiger partial charge in [-0.1, -0.05) is 18.2 Å². The van der Waals surface area contributed by atoms with Crippen LogP contribution >= 0.6 is 0 Å². The Balaban J connectivity index is 1.44. The van der Waals surface area contributed by atoms with Gasteiger partial charge in [-0.3, -0.25) is 9.59 Å². The summed E-state index contributed by atoms with van der Waals surface area (Å²) in [4.78, 5) is 32.0. The van der Waals surface area contributed by atoms with Crippen LogP contribution in [-0.4, -0.2) is 41.7 Å². The maximum absolute atomic E-state index is 13.2. The number of sulfonamides is 1. The molecule has 174 valence electrons. The summed E-state index contributed by atoms with van der Waals surface area (Å²) in [6, 6.07) is 12.3. The molecule has 5 rings (SSSR count). The SMILES string of the molecule is N#Cc1ccc(CNC(=O)c2cc3cccc4c3n(c2=O)CCN4CC2(S(N)(=O)=O)CC2)cn1. The Hall–Kier alpha value is -3.75. The Labute approximate surface area is 195 Å². The van der Waals surface area contributed by atoms with Crippen LogP contribution in [0.4, 0.5) is 5.69 Å². The van der Waals surface area contributed by atoms with E-state index in [0.717, 1.165) is 5.69 Å². The second-order valence-electron chi connectivity index (χ2n) is 8.73. The maximum Gasteiger partial charge on any atom is 0.264 e. The lowest BCUT2D eigenvalue weighted by Gasteiger charge is -2.34. The predicted octanol–water partition coefficient (Wildman–Crippen LogP) is 0.839. The summed E-state index contributed by atoms with van der Waals surface area (Å²) >= 11 is 0. The topological polar surface area (TPSA) is 151 Å². The molecule has 0 atom stereocenters. The standard InChI is InChI=1S/C23H22N6O4S/c24-11-17-5-4-15(12-26-17)13-27-21(30)18-10-16-2-1-3-19-20(16)29(22(18)31)9-8-28(19)14-23(6-7-23)34(25,32)33/h1-5,10,12H,6-9,13-14H2,(H,27,30)(H2,25,32,33). The summed E-state index contributed by atoms with van der Waals surface area (Å²) in [7, 11) is -3.68. The summed E-state index contributed by atoms with van der Waals surface area (Å²) in [5.41, 5.74) is 2.05. The van der Waals surface area contributed by atoms with Gasteiger partial charge in [0.25, 0.3) is 11.5 Å². The van der Waals surface area contributed by atoms with Crippen LogP contribution in [-0.2, 0) is 23.1 Å². The molecule has 2 aliphatic rings. The quantitative estimate of drug-likeness (QED) is 0.533. The Morgan fingerprint density at radius 3 is 2.68 bits per heavy atom. The van der Waals surface area contributed by atoms with E-state index in [2.05, 4.69) is 10.3 Å². The Kier molecular flexibility index (Phi) is 5.15. The number of nitrogens with zero attached hydrogens (tertiary/aromatic N) is 4. The number of carbonyl (C=O) groups is 1. The first-order chi connectivity index (χ1) is 16.2. The van der Waals surface area contributed by atoms with Gasteiger partial charge in [-0.2, -0.15) is 5.26 Å². The molecule has 11 heteroatoms. The smallest absolute Gasteiger partial charge is 0.264 e. The van der Waals surface area contributed by atoms with Crippen molar-refractivity contribution in [1.82, 2.24) is 14.9 Å². The first kappa shape index (κ1) is 22.1. The van der Waals surface area contributed by atoms with Gasteiger partial charge in [-0.25, -0.2) is 18.5 Å². The molecule has 2 aromatic heterocycles. The van der Waals surface area contributed by atoms with Crippen molar-refractivity contribution in [1.29, 1.82) is 5.26 Å². The predicted molar refractivity (Wildman–Crippen MR) is 126 cm³/mol. The number of carbonyl (C=O) groups excluding carboxylic acids is 1. The molecule has 34 heavy (non-hydrogen) atoms. The third-order valence-electron chi connectivity index (χ3n) is 6.55. The van der Waals surface area contributed by atoms with Crippen molar-refractivity contribution in [3.8, 4) is 6.07 Å². The van der Waals surface area contributed by atoms with Crippen LogP contribution in [0.2, 0.25) is 0 Å². The molecular weight excluding hydrogens is 456 g/mol. The minimum atomic E-state index is -3.68. The second-order valence-corrected chi connectivity index (χ2v) is 10.7. The van der Waals surface area contributed by atoms with E-state index in [0.29, 0.717) is 42.4 Å². The van der Waals surface area contributed by atoms with Crippen molar-refractivity contribution >= 4 is 32.5 Å². The number of rotatable bonds is 6. The Bertz CT molecular complexity index is 1520. The molecule has 0 radical (unpaired) electrons. The van der Waals surface area contributed by atoms with Crippen molar-refractivity contribution in [2.24, 2.45) is 5.14 Å². The molecule has 0 bridgehead atoms. The highest BCUT2D eigenvalue weighted by molar-refractivity contribution is 7.90. The molecule has 1 aliphatic carbocycles. The average Bonchev–Trinajstić information content (AvgIpc) is 3.62. The molecule has 3 aromatic rings. The lowest BCUT2D eigenvalue weighted by molar-refractivity contribution is 0.0949. The lowest BCUT2D eigenvalue weighted by atomic mass is 10.1. The number of nitriles is 1. The van der Waals surface area contributed by atoms with Crippen LogP contribution in [0.3, 0.4) is 0 Å². The van der Waals surface area contributed by atoms with E-state index in [9.17, 15) is 18.0 Å². The molecule has 10 nitrogen and oxygen atoms in total. The summed E-state index contributed by atoms with van der Waals surface area (Å²) in [6.07, 6.45) is 2.56. The molecule has 1 aromatic carbocycles. The number of anilines is 1. The lowest BCUT2D eigenvalue weighted by Crippen LogP contribution is -2.46. The number of para-hydroxylation sites is 1. The van der Waals surface area contributed by atoms with E-state index >= 15 is 0 Å². The highest BCUT2D eigenvalue weighted by Gasteiger charge is 2.54. The summed E-state index contributed by atoms with van der Waals surface area (Å²) in [5, 5.41) is 17.8. The van der Waals surface area contributed by atoms with Gasteiger partial charge in [-0.15, -0.1) is 0 Å². The highest BCUT2D eigenvalue weighted by Crippen LogP contribution is 2.44.